The van der Waals surface area contributed by atoms with E-state index in [0.717, 1.165) is 39.3 Å². The summed E-state index contributed by atoms with van der Waals surface area (Å²) < 4.78 is 0. The Morgan fingerprint density at radius 2 is 1.86 bits per heavy atom. The zero-order chi connectivity index (χ0) is 15.1. The molecular formula is C15H21N3O3. The zero-order valence-electron chi connectivity index (χ0n) is 12.0. The van der Waals surface area contributed by atoms with Crippen LogP contribution in [0, 0.1) is 10.1 Å². The van der Waals surface area contributed by atoms with Crippen LogP contribution in [0.25, 0.3) is 6.08 Å². The number of aliphatic hydroxyl groups is 1. The maximum absolute atomic E-state index is 10.9. The van der Waals surface area contributed by atoms with Gasteiger partial charge in [0.1, 0.15) is 0 Å². The van der Waals surface area contributed by atoms with Crippen LogP contribution in [0.5, 0.6) is 0 Å². The van der Waals surface area contributed by atoms with E-state index in [9.17, 15) is 10.1 Å². The summed E-state index contributed by atoms with van der Waals surface area (Å²) in [7, 11) is 0. The van der Waals surface area contributed by atoms with E-state index in [1.165, 1.54) is 6.07 Å². The van der Waals surface area contributed by atoms with E-state index >= 15 is 0 Å². The summed E-state index contributed by atoms with van der Waals surface area (Å²) in [6, 6.07) is 6.76. The number of nitro groups is 1. The number of piperazine rings is 1. The van der Waals surface area contributed by atoms with Gasteiger partial charge in [-0.05, 0) is 6.07 Å². The van der Waals surface area contributed by atoms with Gasteiger partial charge < -0.3 is 5.11 Å². The number of hydrogen-bond donors (Lipinski definition) is 1. The number of nitro benzene ring substituents is 1. The fourth-order valence-electron chi connectivity index (χ4n) is 2.46. The van der Waals surface area contributed by atoms with Crippen LogP contribution in [0.3, 0.4) is 0 Å². The molecule has 0 spiro atoms. The van der Waals surface area contributed by atoms with Crippen molar-refractivity contribution in [2.75, 3.05) is 45.9 Å². The molecule has 0 amide bonds. The lowest BCUT2D eigenvalue weighted by atomic mass is 10.1. The molecule has 0 aromatic heterocycles. The molecule has 6 heteroatoms. The molecule has 114 valence electrons. The Hall–Kier alpha value is -1.76. The van der Waals surface area contributed by atoms with Gasteiger partial charge in [0.15, 0.2) is 0 Å². The van der Waals surface area contributed by atoms with Gasteiger partial charge in [0.05, 0.1) is 17.1 Å². The van der Waals surface area contributed by atoms with Crippen LogP contribution in [0.4, 0.5) is 5.69 Å². The minimum Gasteiger partial charge on any atom is -0.395 e. The molecule has 0 bridgehead atoms. The van der Waals surface area contributed by atoms with E-state index in [-0.39, 0.29) is 17.2 Å². The number of benzene rings is 1. The summed E-state index contributed by atoms with van der Waals surface area (Å²) in [6.07, 6.45) is 3.79. The quantitative estimate of drug-likeness (QED) is 0.630. The number of rotatable bonds is 6. The number of nitrogens with zero attached hydrogens (tertiary/aromatic N) is 3. The molecule has 0 unspecified atom stereocenters. The fourth-order valence-corrected chi connectivity index (χ4v) is 2.46. The highest BCUT2D eigenvalue weighted by Crippen LogP contribution is 2.18. The SMILES string of the molecule is O=[N+]([O-])c1ccccc1/C=C/CN1CCN(CCO)CC1. The predicted octanol–water partition coefficient (Wildman–Crippen LogP) is 1.22. The van der Waals surface area contributed by atoms with Crippen molar-refractivity contribution in [1.29, 1.82) is 0 Å². The molecule has 1 saturated heterocycles. The lowest BCUT2D eigenvalue weighted by molar-refractivity contribution is -0.385. The third-order valence-electron chi connectivity index (χ3n) is 3.68. The normalized spacial score (nSPS) is 17.4. The summed E-state index contributed by atoms with van der Waals surface area (Å²) in [5.41, 5.74) is 0.780. The number of aliphatic hydroxyl groups excluding tert-OH is 1. The van der Waals surface area contributed by atoms with Gasteiger partial charge in [0, 0.05) is 45.3 Å². The van der Waals surface area contributed by atoms with Gasteiger partial charge in [0.2, 0.25) is 0 Å². The van der Waals surface area contributed by atoms with Crippen LogP contribution >= 0.6 is 0 Å². The first kappa shape index (κ1) is 15.6. The van der Waals surface area contributed by atoms with E-state index < -0.39 is 0 Å². The van der Waals surface area contributed by atoms with Crippen molar-refractivity contribution in [3.8, 4) is 0 Å². The van der Waals surface area contributed by atoms with Crippen molar-refractivity contribution in [3.05, 3.63) is 46.0 Å². The van der Waals surface area contributed by atoms with E-state index in [1.54, 1.807) is 18.2 Å². The van der Waals surface area contributed by atoms with E-state index in [0.29, 0.717) is 5.56 Å². The molecule has 0 saturated carbocycles. The van der Waals surface area contributed by atoms with E-state index in [1.807, 2.05) is 12.2 Å². The maximum Gasteiger partial charge on any atom is 0.276 e. The molecule has 1 fully saturated rings. The highest BCUT2D eigenvalue weighted by atomic mass is 16.6. The molecule has 0 atom stereocenters. The third-order valence-corrected chi connectivity index (χ3v) is 3.68. The van der Waals surface area contributed by atoms with Gasteiger partial charge in [-0.1, -0.05) is 24.3 Å². The maximum atomic E-state index is 10.9. The van der Waals surface area contributed by atoms with Gasteiger partial charge in [0.25, 0.3) is 5.69 Å². The molecule has 6 nitrogen and oxygen atoms in total. The topological polar surface area (TPSA) is 69.9 Å². The van der Waals surface area contributed by atoms with Crippen molar-refractivity contribution in [2.45, 2.75) is 0 Å². The highest BCUT2D eigenvalue weighted by molar-refractivity contribution is 5.60. The van der Waals surface area contributed by atoms with E-state index in [2.05, 4.69) is 9.80 Å². The Balaban J connectivity index is 1.85. The molecule has 2 rings (SSSR count). The summed E-state index contributed by atoms with van der Waals surface area (Å²) in [6.45, 7) is 5.57. The number of hydrogen-bond acceptors (Lipinski definition) is 5. The van der Waals surface area contributed by atoms with Crippen molar-refractivity contribution in [2.24, 2.45) is 0 Å². The van der Waals surface area contributed by atoms with E-state index in [4.69, 9.17) is 5.11 Å². The fraction of sp³-hybridized carbons (Fsp3) is 0.467. The molecule has 21 heavy (non-hydrogen) atoms. The molecule has 1 N–H and O–H groups in total. The van der Waals surface area contributed by atoms with Crippen LogP contribution in [-0.2, 0) is 0 Å². The molecule has 0 radical (unpaired) electrons. The molecule has 0 aliphatic carbocycles. The van der Waals surface area contributed by atoms with Crippen LogP contribution < -0.4 is 0 Å². The van der Waals surface area contributed by atoms with Crippen LogP contribution in [0.1, 0.15) is 5.56 Å². The van der Waals surface area contributed by atoms with Crippen LogP contribution in [-0.4, -0.2) is 65.7 Å². The summed E-state index contributed by atoms with van der Waals surface area (Å²) in [5.74, 6) is 0. The van der Waals surface area contributed by atoms with Gasteiger partial charge in [-0.3, -0.25) is 19.9 Å². The first-order chi connectivity index (χ1) is 10.2. The van der Waals surface area contributed by atoms with Gasteiger partial charge >= 0.3 is 0 Å². The molecule has 1 aromatic carbocycles. The van der Waals surface area contributed by atoms with Crippen molar-refractivity contribution in [1.82, 2.24) is 9.80 Å². The molecule has 1 heterocycles. The Labute approximate surface area is 124 Å². The second kappa shape index (κ2) is 7.87. The predicted molar refractivity (Wildman–Crippen MR) is 82.1 cm³/mol. The smallest absolute Gasteiger partial charge is 0.276 e. The summed E-state index contributed by atoms with van der Waals surface area (Å²) >= 11 is 0. The minimum atomic E-state index is -0.354. The molecule has 1 aromatic rings. The molecular weight excluding hydrogens is 270 g/mol. The van der Waals surface area contributed by atoms with Crippen molar-refractivity contribution >= 4 is 11.8 Å². The standard InChI is InChI=1S/C15H21N3O3/c19-13-12-17-10-8-16(9-11-17)7-3-5-14-4-1-2-6-15(14)18(20)21/h1-6,19H,7-13H2/b5-3+. The lowest BCUT2D eigenvalue weighted by Gasteiger charge is -2.33. The number of para-hydroxylation sites is 1. The first-order valence-electron chi connectivity index (χ1n) is 7.16. The highest BCUT2D eigenvalue weighted by Gasteiger charge is 2.15. The van der Waals surface area contributed by atoms with Crippen LogP contribution in [0.15, 0.2) is 30.3 Å². The third kappa shape index (κ3) is 4.63. The first-order valence-corrected chi connectivity index (χ1v) is 7.16. The lowest BCUT2D eigenvalue weighted by Crippen LogP contribution is -2.47. The Kier molecular flexibility index (Phi) is 5.86. The summed E-state index contributed by atoms with van der Waals surface area (Å²) in [5, 5.41) is 19.8. The minimum absolute atomic E-state index is 0.140. The Morgan fingerprint density at radius 3 is 2.52 bits per heavy atom. The van der Waals surface area contributed by atoms with Crippen molar-refractivity contribution in [3.63, 3.8) is 0 Å². The monoisotopic (exact) mass is 291 g/mol. The van der Waals surface area contributed by atoms with Gasteiger partial charge in [-0.15, -0.1) is 0 Å². The average molecular weight is 291 g/mol. The Bertz CT molecular complexity index is 497. The summed E-state index contributed by atoms with van der Waals surface area (Å²) in [4.78, 5) is 15.1. The largest absolute Gasteiger partial charge is 0.395 e. The Morgan fingerprint density at radius 1 is 1.19 bits per heavy atom. The second-order valence-corrected chi connectivity index (χ2v) is 5.08. The molecule has 1 aliphatic heterocycles. The van der Waals surface area contributed by atoms with Crippen LogP contribution in [0.2, 0.25) is 0 Å². The van der Waals surface area contributed by atoms with Crippen molar-refractivity contribution < 1.29 is 10.0 Å². The second-order valence-electron chi connectivity index (χ2n) is 5.08. The number of β-amino-alcohol motifs (C(OH)–C–C–N with tert-alkyl or cyclic N) is 1. The average Bonchev–Trinajstić information content (AvgIpc) is 2.50. The van der Waals surface area contributed by atoms with Gasteiger partial charge in [-0.2, -0.15) is 0 Å². The zero-order valence-corrected chi connectivity index (χ0v) is 12.0. The molecule has 1 aliphatic rings. The van der Waals surface area contributed by atoms with Gasteiger partial charge in [-0.25, -0.2) is 0 Å².